The van der Waals surface area contributed by atoms with Gasteiger partial charge in [-0.05, 0) is 51.7 Å². The van der Waals surface area contributed by atoms with E-state index in [1.807, 2.05) is 27.7 Å². The number of cyclic esters (lactones) is 1. The van der Waals surface area contributed by atoms with E-state index in [1.54, 1.807) is 49.1 Å². The molecule has 10 atom stereocenters. The average Bonchev–Trinajstić information content (AvgIpc) is 3.77. The average molecular weight is 661 g/mol. The summed E-state index contributed by atoms with van der Waals surface area (Å²) in [6.45, 7) is 13.4. The number of rotatable bonds is 10. The van der Waals surface area contributed by atoms with Crippen LogP contribution < -0.4 is 0 Å². The van der Waals surface area contributed by atoms with Crippen LogP contribution in [0.5, 0.6) is 0 Å². The highest BCUT2D eigenvalue weighted by molar-refractivity contribution is 5.70. The summed E-state index contributed by atoms with van der Waals surface area (Å²) in [5, 5.41) is 43.1. The largest absolute Gasteiger partial charge is 0.457 e. The molecule has 3 aliphatic heterocycles. The number of allylic oxidation sites excluding steroid dienone is 2. The molecule has 4 N–H and O–H groups in total. The van der Waals surface area contributed by atoms with E-state index >= 15 is 0 Å². The molecule has 10 unspecified atom stereocenters. The molecule has 0 aliphatic carbocycles. The van der Waals surface area contributed by atoms with Crippen molar-refractivity contribution in [2.24, 2.45) is 11.8 Å². The number of amides is 1. The first kappa shape index (κ1) is 38.7. The third-order valence-corrected chi connectivity index (χ3v) is 9.54. The minimum absolute atomic E-state index is 0.0162. The lowest BCUT2D eigenvalue weighted by atomic mass is 9.88. The topological polar surface area (TPSA) is 153 Å². The first-order valence-electron chi connectivity index (χ1n) is 16.9. The smallest absolute Gasteiger partial charge is 0.410 e. The third-order valence-electron chi connectivity index (χ3n) is 9.54. The number of hydrogen-bond acceptors (Lipinski definition) is 10. The fourth-order valence-electron chi connectivity index (χ4n) is 6.20. The molecule has 11 heteroatoms. The van der Waals surface area contributed by atoms with Gasteiger partial charge in [0.1, 0.15) is 11.7 Å². The number of aliphatic hydroxyl groups excluding tert-OH is 2. The molecule has 0 spiro atoms. The summed E-state index contributed by atoms with van der Waals surface area (Å²) in [6.07, 6.45) is 10.9. The van der Waals surface area contributed by atoms with Gasteiger partial charge in [0.15, 0.2) is 6.10 Å². The first-order valence-corrected chi connectivity index (χ1v) is 16.9. The molecule has 0 radical (unpaired) electrons. The van der Waals surface area contributed by atoms with Crippen molar-refractivity contribution in [2.75, 3.05) is 32.7 Å². The van der Waals surface area contributed by atoms with E-state index in [2.05, 4.69) is 10.8 Å². The van der Waals surface area contributed by atoms with Crippen molar-refractivity contribution in [2.45, 2.75) is 121 Å². The number of carbonyl (C=O) groups excluding carboxylic acids is 2. The molecule has 0 aromatic rings. The lowest BCUT2D eigenvalue weighted by Crippen LogP contribution is -2.51. The highest BCUT2D eigenvalue weighted by atomic mass is 16.6. The van der Waals surface area contributed by atoms with Gasteiger partial charge in [0.25, 0.3) is 0 Å². The Balaban J connectivity index is 1.73. The lowest BCUT2D eigenvalue weighted by molar-refractivity contribution is -0.151. The van der Waals surface area contributed by atoms with E-state index in [4.69, 9.17) is 20.6 Å². The summed E-state index contributed by atoms with van der Waals surface area (Å²) in [4.78, 5) is 29.6. The van der Waals surface area contributed by atoms with Crippen molar-refractivity contribution < 1.29 is 44.2 Å². The standard InChI is InChI=1S/C36H56N2O9/c1-8-17-37-18-20-38(21-19-37)34(42)46-30-13-12-25(4)32(47-31(41)22-27(39)14-16-36(30,7)44)24(3)11-10-15-35(6,43)23-29-33(45-29)26(5)28(40)9-2/h1,10-13,15,25-30,32-33,39-40,43-44H,9,14,16-23H2,2-7H3. The number of epoxide rings is 1. The third kappa shape index (κ3) is 11.7. The number of nitrogens with zero attached hydrogens (tertiary/aromatic N) is 2. The summed E-state index contributed by atoms with van der Waals surface area (Å²) < 4.78 is 17.4. The van der Waals surface area contributed by atoms with Gasteiger partial charge < -0.3 is 39.5 Å². The number of aliphatic hydroxyl groups is 4. The number of terminal acetylenes is 1. The highest BCUT2D eigenvalue weighted by Gasteiger charge is 2.47. The maximum absolute atomic E-state index is 13.1. The fraction of sp³-hybridized carbons (Fsp3) is 0.722. The number of carbonyl (C=O) groups is 2. The number of ether oxygens (including phenoxy) is 3. The van der Waals surface area contributed by atoms with Crippen LogP contribution in [0.15, 0.2) is 36.0 Å². The van der Waals surface area contributed by atoms with E-state index in [0.29, 0.717) is 51.1 Å². The van der Waals surface area contributed by atoms with E-state index in [-0.39, 0.29) is 37.4 Å². The SMILES string of the molecule is C#CCN1CCN(C(=O)OC2C=CC(C)C(C(C)=CC=CC(C)(O)CC3OC3C(C)C(O)CC)OC(=O)CC(O)CCC2(C)O)CC1. The second-order valence-corrected chi connectivity index (χ2v) is 14.0. The van der Waals surface area contributed by atoms with Crippen LogP contribution in [-0.2, 0) is 19.0 Å². The molecule has 0 aromatic carbocycles. The fourth-order valence-corrected chi connectivity index (χ4v) is 6.20. The van der Waals surface area contributed by atoms with Gasteiger partial charge in [-0.2, -0.15) is 0 Å². The van der Waals surface area contributed by atoms with Crippen molar-refractivity contribution in [3.63, 3.8) is 0 Å². The highest BCUT2D eigenvalue weighted by Crippen LogP contribution is 2.37. The van der Waals surface area contributed by atoms with Gasteiger partial charge >= 0.3 is 12.1 Å². The van der Waals surface area contributed by atoms with Crippen molar-refractivity contribution in [1.29, 1.82) is 0 Å². The molecule has 3 heterocycles. The van der Waals surface area contributed by atoms with Gasteiger partial charge in [-0.25, -0.2) is 4.79 Å². The molecular formula is C36H56N2O9. The number of piperazine rings is 1. The Hall–Kier alpha value is -2.72. The maximum atomic E-state index is 13.1. The number of esters is 1. The Morgan fingerprint density at radius 2 is 1.98 bits per heavy atom. The zero-order valence-corrected chi connectivity index (χ0v) is 28.9. The Morgan fingerprint density at radius 3 is 2.62 bits per heavy atom. The molecule has 264 valence electrons. The summed E-state index contributed by atoms with van der Waals surface area (Å²) in [6, 6.07) is 0. The monoisotopic (exact) mass is 660 g/mol. The van der Waals surface area contributed by atoms with E-state index < -0.39 is 53.6 Å². The summed E-state index contributed by atoms with van der Waals surface area (Å²) >= 11 is 0. The van der Waals surface area contributed by atoms with Crippen LogP contribution >= 0.6 is 0 Å². The molecule has 3 aliphatic rings. The van der Waals surface area contributed by atoms with Gasteiger partial charge in [0, 0.05) is 44.4 Å². The Kier molecular flexibility index (Phi) is 14.1. The van der Waals surface area contributed by atoms with Crippen LogP contribution in [0.25, 0.3) is 0 Å². The van der Waals surface area contributed by atoms with Crippen molar-refractivity contribution >= 4 is 12.1 Å². The van der Waals surface area contributed by atoms with E-state index in [1.165, 1.54) is 0 Å². The molecule has 3 rings (SSSR count). The molecular weight excluding hydrogens is 604 g/mol. The van der Waals surface area contributed by atoms with Crippen molar-refractivity contribution in [3.8, 4) is 12.3 Å². The summed E-state index contributed by atoms with van der Waals surface area (Å²) in [5.41, 5.74) is -1.98. The lowest BCUT2D eigenvalue weighted by Gasteiger charge is -2.36. The van der Waals surface area contributed by atoms with Crippen LogP contribution in [0.4, 0.5) is 4.79 Å². The number of hydrogen-bond donors (Lipinski definition) is 4. The minimum atomic E-state index is -1.51. The Bertz CT molecular complexity index is 1180. The Morgan fingerprint density at radius 1 is 1.30 bits per heavy atom. The predicted molar refractivity (Wildman–Crippen MR) is 178 cm³/mol. The predicted octanol–water partition coefficient (Wildman–Crippen LogP) is 2.96. The van der Waals surface area contributed by atoms with Crippen LogP contribution in [0.1, 0.15) is 73.6 Å². The maximum Gasteiger partial charge on any atom is 0.410 e. The van der Waals surface area contributed by atoms with Crippen LogP contribution in [0.3, 0.4) is 0 Å². The van der Waals surface area contributed by atoms with Gasteiger partial charge in [-0.15, -0.1) is 6.42 Å². The Labute approximate surface area is 280 Å². The van der Waals surface area contributed by atoms with Gasteiger partial charge in [-0.3, -0.25) is 9.69 Å². The molecule has 2 saturated heterocycles. The van der Waals surface area contributed by atoms with Crippen LogP contribution in [0, 0.1) is 24.2 Å². The second-order valence-electron chi connectivity index (χ2n) is 14.0. The van der Waals surface area contributed by atoms with Crippen molar-refractivity contribution in [3.05, 3.63) is 36.0 Å². The van der Waals surface area contributed by atoms with Crippen LogP contribution in [0.2, 0.25) is 0 Å². The molecule has 0 bridgehead atoms. The summed E-state index contributed by atoms with van der Waals surface area (Å²) in [7, 11) is 0. The van der Waals surface area contributed by atoms with Gasteiger partial charge in [-0.1, -0.05) is 51.0 Å². The molecule has 1 amide bonds. The first-order chi connectivity index (χ1) is 22.1. The van der Waals surface area contributed by atoms with E-state index in [0.717, 1.165) is 0 Å². The van der Waals surface area contributed by atoms with Gasteiger partial charge in [0.05, 0.1) is 43.0 Å². The molecule has 47 heavy (non-hydrogen) atoms. The molecule has 0 aromatic heterocycles. The minimum Gasteiger partial charge on any atom is -0.457 e. The van der Waals surface area contributed by atoms with Crippen molar-refractivity contribution in [1.82, 2.24) is 9.80 Å². The van der Waals surface area contributed by atoms with Crippen LogP contribution in [-0.4, -0.2) is 123 Å². The normalized spacial score (nSPS) is 33.9. The van der Waals surface area contributed by atoms with E-state index in [9.17, 15) is 30.0 Å². The molecule has 2 fully saturated rings. The summed E-state index contributed by atoms with van der Waals surface area (Å²) in [5.74, 6) is 1.64. The quantitative estimate of drug-likeness (QED) is 0.0905. The molecule has 0 saturated carbocycles. The zero-order valence-electron chi connectivity index (χ0n) is 28.9. The zero-order chi connectivity index (χ0) is 34.9. The van der Waals surface area contributed by atoms with Gasteiger partial charge in [0.2, 0.25) is 0 Å². The molecule has 11 nitrogen and oxygen atoms in total. The second kappa shape index (κ2) is 17.1.